The van der Waals surface area contributed by atoms with Gasteiger partial charge in [-0.3, -0.25) is 4.79 Å². The van der Waals surface area contributed by atoms with Crippen LogP contribution in [0, 0.1) is 0 Å². The van der Waals surface area contributed by atoms with Crippen molar-refractivity contribution in [3.63, 3.8) is 0 Å². The van der Waals surface area contributed by atoms with E-state index in [0.717, 1.165) is 22.9 Å². The number of carbonyl (C=O) groups excluding carboxylic acids is 1. The number of hydrogen-bond acceptors (Lipinski definition) is 2. The number of fused-ring (bicyclic) bond motifs is 1. The Kier molecular flexibility index (Phi) is 4.20. The van der Waals surface area contributed by atoms with Crippen LogP contribution in [0.4, 0.5) is 0 Å². The van der Waals surface area contributed by atoms with Crippen molar-refractivity contribution in [2.75, 3.05) is 6.54 Å². The minimum Gasteiger partial charge on any atom is -0.477 e. The maximum absolute atomic E-state index is 10.9. The van der Waals surface area contributed by atoms with Crippen molar-refractivity contribution in [2.24, 2.45) is 0 Å². The molecule has 104 valence electrons. The van der Waals surface area contributed by atoms with Gasteiger partial charge in [0.05, 0.1) is 0 Å². The van der Waals surface area contributed by atoms with Gasteiger partial charge in [-0.05, 0) is 30.2 Å². The normalized spacial score (nSPS) is 11.1. The van der Waals surface area contributed by atoms with Crippen LogP contribution in [-0.4, -0.2) is 28.5 Å². The minimum atomic E-state index is -0.964. The first-order valence-corrected chi connectivity index (χ1v) is 6.33. The molecule has 5 nitrogen and oxygen atoms in total. The van der Waals surface area contributed by atoms with Gasteiger partial charge in [0.2, 0.25) is 5.91 Å². The van der Waals surface area contributed by atoms with Gasteiger partial charge in [-0.1, -0.05) is 18.2 Å². The first-order chi connectivity index (χ1) is 9.56. The fourth-order valence-electron chi connectivity index (χ4n) is 1.92. The van der Waals surface area contributed by atoms with Gasteiger partial charge >= 0.3 is 5.97 Å². The van der Waals surface area contributed by atoms with Gasteiger partial charge < -0.3 is 15.4 Å². The van der Waals surface area contributed by atoms with Crippen LogP contribution in [0.5, 0.6) is 0 Å². The highest BCUT2D eigenvalue weighted by molar-refractivity contribution is 5.94. The van der Waals surface area contributed by atoms with Gasteiger partial charge in [0.1, 0.15) is 5.69 Å². The van der Waals surface area contributed by atoms with Crippen LogP contribution in [0.1, 0.15) is 29.4 Å². The van der Waals surface area contributed by atoms with Crippen molar-refractivity contribution in [3.8, 4) is 0 Å². The van der Waals surface area contributed by atoms with Crippen molar-refractivity contribution >= 4 is 28.9 Å². The molecule has 0 unspecified atom stereocenters. The average Bonchev–Trinajstić information content (AvgIpc) is 2.81. The number of nitrogens with one attached hydrogen (secondary N) is 2. The zero-order valence-corrected chi connectivity index (χ0v) is 11.1. The van der Waals surface area contributed by atoms with Gasteiger partial charge in [0.15, 0.2) is 0 Å². The van der Waals surface area contributed by atoms with E-state index in [0.29, 0.717) is 6.54 Å². The zero-order chi connectivity index (χ0) is 14.5. The van der Waals surface area contributed by atoms with Crippen molar-refractivity contribution in [1.29, 1.82) is 0 Å². The number of benzene rings is 1. The Morgan fingerprint density at radius 1 is 1.35 bits per heavy atom. The molecule has 0 bridgehead atoms. The third-order valence-electron chi connectivity index (χ3n) is 2.87. The molecule has 3 N–H and O–H groups in total. The molecule has 1 heterocycles. The lowest BCUT2D eigenvalue weighted by Crippen LogP contribution is -2.20. The first-order valence-electron chi connectivity index (χ1n) is 6.33. The van der Waals surface area contributed by atoms with Crippen LogP contribution in [0.25, 0.3) is 17.0 Å². The molecular formula is C15H16N2O3. The Labute approximate surface area is 116 Å². The van der Waals surface area contributed by atoms with Crippen LogP contribution in [0.2, 0.25) is 0 Å². The molecule has 1 aromatic carbocycles. The summed E-state index contributed by atoms with van der Waals surface area (Å²) in [5, 5.41) is 12.5. The highest BCUT2D eigenvalue weighted by Crippen LogP contribution is 2.18. The summed E-state index contributed by atoms with van der Waals surface area (Å²) in [4.78, 5) is 24.4. The average molecular weight is 272 g/mol. The van der Waals surface area contributed by atoms with E-state index in [1.165, 1.54) is 6.92 Å². The number of H-pyrrole nitrogens is 1. The first kappa shape index (κ1) is 13.9. The summed E-state index contributed by atoms with van der Waals surface area (Å²) in [6.07, 6.45) is 4.68. The molecule has 0 spiro atoms. The van der Waals surface area contributed by atoms with Crippen LogP contribution < -0.4 is 5.32 Å². The second kappa shape index (κ2) is 6.06. The monoisotopic (exact) mass is 272 g/mol. The zero-order valence-electron chi connectivity index (χ0n) is 11.1. The molecule has 5 heteroatoms. The molecule has 2 rings (SSSR count). The highest BCUT2D eigenvalue weighted by Gasteiger charge is 2.06. The van der Waals surface area contributed by atoms with E-state index >= 15 is 0 Å². The van der Waals surface area contributed by atoms with Gasteiger partial charge in [-0.15, -0.1) is 0 Å². The lowest BCUT2D eigenvalue weighted by Gasteiger charge is -1.97. The number of aromatic carboxylic acids is 1. The third-order valence-corrected chi connectivity index (χ3v) is 2.87. The summed E-state index contributed by atoms with van der Waals surface area (Å²) in [5.41, 5.74) is 1.99. The number of carbonyl (C=O) groups is 2. The summed E-state index contributed by atoms with van der Waals surface area (Å²) in [5.74, 6) is -0.998. The molecule has 0 aliphatic rings. The Balaban J connectivity index is 2.05. The molecule has 0 saturated heterocycles. The SMILES string of the molecule is CC(=O)NCCC=Cc1ccc2[nH]c(C(=O)O)cc2c1. The number of amides is 1. The molecule has 0 aliphatic carbocycles. The quantitative estimate of drug-likeness (QED) is 0.731. The van der Waals surface area contributed by atoms with Crippen molar-refractivity contribution in [2.45, 2.75) is 13.3 Å². The predicted molar refractivity (Wildman–Crippen MR) is 77.6 cm³/mol. The van der Waals surface area contributed by atoms with Gasteiger partial charge in [-0.2, -0.15) is 0 Å². The second-order valence-electron chi connectivity index (χ2n) is 4.51. The standard InChI is InChI=1S/C15H16N2O3/c1-10(18)16-7-3-2-4-11-5-6-13-12(8-11)9-14(17-13)15(19)20/h2,4-6,8-9,17H,3,7H2,1H3,(H,16,18)(H,19,20). The molecule has 0 fully saturated rings. The highest BCUT2D eigenvalue weighted by atomic mass is 16.4. The number of aromatic nitrogens is 1. The minimum absolute atomic E-state index is 0.0339. The molecular weight excluding hydrogens is 256 g/mol. The van der Waals surface area contributed by atoms with Crippen LogP contribution in [0.3, 0.4) is 0 Å². The van der Waals surface area contributed by atoms with E-state index in [4.69, 9.17) is 5.11 Å². The smallest absolute Gasteiger partial charge is 0.352 e. The maximum Gasteiger partial charge on any atom is 0.352 e. The molecule has 0 radical (unpaired) electrons. The fraction of sp³-hybridized carbons (Fsp3) is 0.200. The summed E-state index contributed by atoms with van der Waals surface area (Å²) in [6.45, 7) is 2.10. The maximum atomic E-state index is 10.9. The van der Waals surface area contributed by atoms with E-state index in [2.05, 4.69) is 10.3 Å². The van der Waals surface area contributed by atoms with E-state index in [1.54, 1.807) is 6.07 Å². The van der Waals surface area contributed by atoms with Crippen LogP contribution in [0.15, 0.2) is 30.3 Å². The summed E-state index contributed by atoms with van der Waals surface area (Å²) >= 11 is 0. The van der Waals surface area contributed by atoms with Gasteiger partial charge in [0, 0.05) is 24.4 Å². The number of hydrogen-bond donors (Lipinski definition) is 3. The topological polar surface area (TPSA) is 82.2 Å². The molecule has 0 atom stereocenters. The van der Waals surface area contributed by atoms with Crippen molar-refractivity contribution < 1.29 is 14.7 Å². The Bertz CT molecular complexity index is 671. The summed E-state index contributed by atoms with van der Waals surface area (Å²) in [6, 6.07) is 7.31. The number of aromatic amines is 1. The predicted octanol–water partition coefficient (Wildman–Crippen LogP) is 2.41. The molecule has 0 saturated carbocycles. The molecule has 20 heavy (non-hydrogen) atoms. The van der Waals surface area contributed by atoms with E-state index < -0.39 is 5.97 Å². The lowest BCUT2D eigenvalue weighted by atomic mass is 10.1. The molecule has 0 aliphatic heterocycles. The summed E-state index contributed by atoms with van der Waals surface area (Å²) < 4.78 is 0. The molecule has 2 aromatic rings. The Morgan fingerprint density at radius 2 is 2.15 bits per heavy atom. The fourth-order valence-corrected chi connectivity index (χ4v) is 1.92. The van der Waals surface area contributed by atoms with Crippen molar-refractivity contribution in [3.05, 3.63) is 41.6 Å². The van der Waals surface area contributed by atoms with E-state index in [1.807, 2.05) is 30.4 Å². The van der Waals surface area contributed by atoms with Gasteiger partial charge in [0.25, 0.3) is 0 Å². The van der Waals surface area contributed by atoms with E-state index in [-0.39, 0.29) is 11.6 Å². The number of rotatable bonds is 5. The van der Waals surface area contributed by atoms with Crippen LogP contribution >= 0.6 is 0 Å². The Morgan fingerprint density at radius 3 is 2.85 bits per heavy atom. The summed E-state index contributed by atoms with van der Waals surface area (Å²) in [7, 11) is 0. The lowest BCUT2D eigenvalue weighted by molar-refractivity contribution is -0.118. The molecule has 1 amide bonds. The number of carboxylic acid groups (broad SMARTS) is 1. The van der Waals surface area contributed by atoms with Gasteiger partial charge in [-0.25, -0.2) is 4.79 Å². The van der Waals surface area contributed by atoms with E-state index in [9.17, 15) is 9.59 Å². The Hall–Kier alpha value is -2.56. The second-order valence-corrected chi connectivity index (χ2v) is 4.51. The third kappa shape index (κ3) is 3.47. The largest absolute Gasteiger partial charge is 0.477 e. The van der Waals surface area contributed by atoms with Crippen molar-refractivity contribution in [1.82, 2.24) is 10.3 Å². The molecule has 1 aromatic heterocycles. The van der Waals surface area contributed by atoms with Crippen LogP contribution in [-0.2, 0) is 4.79 Å². The number of carboxylic acids is 1.